The van der Waals surface area contributed by atoms with E-state index in [1.165, 1.54) is 5.56 Å². The van der Waals surface area contributed by atoms with Gasteiger partial charge in [0.2, 0.25) is 0 Å². The third-order valence-electron chi connectivity index (χ3n) is 2.86. The molecule has 1 aliphatic rings. The van der Waals surface area contributed by atoms with Crippen LogP contribution in [0.5, 0.6) is 0 Å². The van der Waals surface area contributed by atoms with E-state index in [0.717, 1.165) is 30.4 Å². The summed E-state index contributed by atoms with van der Waals surface area (Å²) in [6.07, 6.45) is 4.74. The molecule has 1 aliphatic carbocycles. The highest BCUT2D eigenvalue weighted by atomic mass is 35.5. The molecule has 1 unspecified atom stereocenters. The van der Waals surface area contributed by atoms with Gasteiger partial charge in [-0.15, -0.1) is 11.6 Å². The second-order valence-corrected chi connectivity index (χ2v) is 4.53. The second kappa shape index (κ2) is 4.81. The minimum Gasteiger partial charge on any atom is -0.312 e. The smallest absolute Gasteiger partial charge is 0.0993 e. The lowest BCUT2D eigenvalue weighted by atomic mass is 9.99. The van der Waals surface area contributed by atoms with Crippen molar-refractivity contribution in [1.29, 1.82) is 5.41 Å². The van der Waals surface area contributed by atoms with Crippen molar-refractivity contribution in [3.05, 3.63) is 47.0 Å². The van der Waals surface area contributed by atoms with Gasteiger partial charge in [0, 0.05) is 5.56 Å². The van der Waals surface area contributed by atoms with Crippen LogP contribution in [0.3, 0.4) is 0 Å². The number of benzene rings is 1. The van der Waals surface area contributed by atoms with Crippen molar-refractivity contribution >= 4 is 17.3 Å². The number of allylic oxidation sites excluding steroid dienone is 1. The summed E-state index contributed by atoms with van der Waals surface area (Å²) in [5.41, 5.74) is 8.85. The fourth-order valence-electron chi connectivity index (χ4n) is 2.11. The first-order valence-electron chi connectivity index (χ1n) is 5.46. The molecule has 84 valence electrons. The summed E-state index contributed by atoms with van der Waals surface area (Å²) in [4.78, 5) is 0. The summed E-state index contributed by atoms with van der Waals surface area (Å²) >= 11 is 5.76. The minimum absolute atomic E-state index is 0.499. The first kappa shape index (κ1) is 11.4. The van der Waals surface area contributed by atoms with E-state index in [2.05, 4.69) is 6.07 Å². The molecule has 0 spiro atoms. The van der Waals surface area contributed by atoms with Gasteiger partial charge < -0.3 is 5.73 Å². The average Bonchev–Trinajstić information content (AvgIpc) is 2.40. The molecule has 0 heterocycles. The molecule has 2 rings (SSSR count). The standard InChI is InChI=1S/C13H15ClN2/c14-12(15)8-10-6-3-5-9-4-1-2-7-11(9)13(10)16/h1-2,4,7-8,12,16H,3,5-6,15H2/b10-8-,16-13?. The van der Waals surface area contributed by atoms with E-state index in [9.17, 15) is 0 Å². The molecule has 0 radical (unpaired) electrons. The number of halogens is 1. The Kier molecular flexibility index (Phi) is 3.42. The largest absolute Gasteiger partial charge is 0.312 e. The van der Waals surface area contributed by atoms with Gasteiger partial charge in [-0.05, 0) is 36.5 Å². The maximum atomic E-state index is 8.18. The molecule has 16 heavy (non-hydrogen) atoms. The molecule has 0 aliphatic heterocycles. The van der Waals surface area contributed by atoms with Crippen molar-refractivity contribution in [3.8, 4) is 0 Å². The number of alkyl halides is 1. The van der Waals surface area contributed by atoms with Crippen LogP contribution in [0.4, 0.5) is 0 Å². The molecular formula is C13H15ClN2. The number of hydrogen-bond acceptors (Lipinski definition) is 2. The lowest BCUT2D eigenvalue weighted by Crippen LogP contribution is -2.12. The third kappa shape index (κ3) is 2.34. The van der Waals surface area contributed by atoms with Gasteiger partial charge in [-0.3, -0.25) is 5.41 Å². The Morgan fingerprint density at radius 2 is 2.06 bits per heavy atom. The molecule has 0 bridgehead atoms. The molecule has 3 heteroatoms. The summed E-state index contributed by atoms with van der Waals surface area (Å²) < 4.78 is 0. The second-order valence-electron chi connectivity index (χ2n) is 4.02. The van der Waals surface area contributed by atoms with Gasteiger partial charge in [-0.1, -0.05) is 24.3 Å². The molecule has 0 fully saturated rings. The van der Waals surface area contributed by atoms with Crippen LogP contribution in [0.15, 0.2) is 35.9 Å². The zero-order valence-electron chi connectivity index (χ0n) is 9.04. The molecule has 3 N–H and O–H groups in total. The maximum Gasteiger partial charge on any atom is 0.0993 e. The molecule has 1 aromatic rings. The van der Waals surface area contributed by atoms with Crippen LogP contribution in [0, 0.1) is 5.41 Å². The monoisotopic (exact) mass is 234 g/mol. The first-order valence-corrected chi connectivity index (χ1v) is 5.89. The topological polar surface area (TPSA) is 49.9 Å². The van der Waals surface area contributed by atoms with E-state index in [-0.39, 0.29) is 0 Å². The van der Waals surface area contributed by atoms with Gasteiger partial charge in [0.15, 0.2) is 0 Å². The van der Waals surface area contributed by atoms with E-state index in [4.69, 9.17) is 22.7 Å². The zero-order valence-corrected chi connectivity index (χ0v) is 9.80. The van der Waals surface area contributed by atoms with Crippen LogP contribution in [0.2, 0.25) is 0 Å². The van der Waals surface area contributed by atoms with Crippen molar-refractivity contribution < 1.29 is 0 Å². The van der Waals surface area contributed by atoms with Crippen molar-refractivity contribution in [2.24, 2.45) is 5.73 Å². The zero-order chi connectivity index (χ0) is 11.5. The van der Waals surface area contributed by atoms with Crippen molar-refractivity contribution in [3.63, 3.8) is 0 Å². The van der Waals surface area contributed by atoms with Crippen LogP contribution >= 0.6 is 11.6 Å². The van der Waals surface area contributed by atoms with E-state index in [0.29, 0.717) is 5.71 Å². The average molecular weight is 235 g/mol. The number of nitrogens with one attached hydrogen (secondary N) is 1. The highest BCUT2D eigenvalue weighted by Crippen LogP contribution is 2.24. The minimum atomic E-state index is -0.499. The molecule has 0 saturated heterocycles. The summed E-state index contributed by atoms with van der Waals surface area (Å²) in [5, 5.41) is 8.18. The van der Waals surface area contributed by atoms with E-state index < -0.39 is 5.50 Å². The summed E-state index contributed by atoms with van der Waals surface area (Å²) in [6, 6.07) is 8.08. The lowest BCUT2D eigenvalue weighted by molar-refractivity contribution is 0.836. The molecule has 0 aromatic heterocycles. The predicted octanol–water partition coefficient (Wildman–Crippen LogP) is 2.84. The van der Waals surface area contributed by atoms with Gasteiger partial charge in [-0.2, -0.15) is 0 Å². The van der Waals surface area contributed by atoms with Crippen molar-refractivity contribution in [1.82, 2.24) is 0 Å². The first-order chi connectivity index (χ1) is 7.68. The summed E-state index contributed by atoms with van der Waals surface area (Å²) in [6.45, 7) is 0. The molecular weight excluding hydrogens is 220 g/mol. The number of hydrogen-bond donors (Lipinski definition) is 2. The molecule has 1 atom stereocenters. The summed E-state index contributed by atoms with van der Waals surface area (Å²) in [5.74, 6) is 0. The summed E-state index contributed by atoms with van der Waals surface area (Å²) in [7, 11) is 0. The van der Waals surface area contributed by atoms with E-state index in [1.54, 1.807) is 6.08 Å². The van der Waals surface area contributed by atoms with Crippen molar-refractivity contribution in [2.45, 2.75) is 24.8 Å². The van der Waals surface area contributed by atoms with E-state index >= 15 is 0 Å². The highest BCUT2D eigenvalue weighted by molar-refractivity contribution is 6.22. The lowest BCUT2D eigenvalue weighted by Gasteiger charge is -2.08. The van der Waals surface area contributed by atoms with Gasteiger partial charge >= 0.3 is 0 Å². The Labute approximate surface area is 101 Å². The predicted molar refractivity (Wildman–Crippen MR) is 68.1 cm³/mol. The van der Waals surface area contributed by atoms with Crippen LogP contribution in [-0.2, 0) is 6.42 Å². The Morgan fingerprint density at radius 1 is 1.31 bits per heavy atom. The van der Waals surface area contributed by atoms with Crippen LogP contribution in [0.1, 0.15) is 24.0 Å². The molecule has 0 amide bonds. The van der Waals surface area contributed by atoms with Crippen molar-refractivity contribution in [2.75, 3.05) is 0 Å². The molecule has 0 saturated carbocycles. The normalized spacial score (nSPS) is 20.4. The van der Waals surface area contributed by atoms with Gasteiger partial charge in [0.05, 0.1) is 11.2 Å². The van der Waals surface area contributed by atoms with E-state index in [1.807, 2.05) is 18.2 Å². The SMILES string of the molecule is N=C1/C(=C\C(N)Cl)CCCc2ccccc21. The van der Waals surface area contributed by atoms with Gasteiger partial charge in [0.25, 0.3) is 0 Å². The Balaban J connectivity index is 2.41. The van der Waals surface area contributed by atoms with Crippen LogP contribution < -0.4 is 5.73 Å². The Bertz CT molecular complexity index is 435. The Hall–Kier alpha value is -1.12. The number of aryl methyl sites for hydroxylation is 1. The van der Waals surface area contributed by atoms with Gasteiger partial charge in [-0.25, -0.2) is 0 Å². The van der Waals surface area contributed by atoms with Crippen LogP contribution in [-0.4, -0.2) is 11.2 Å². The van der Waals surface area contributed by atoms with Crippen LogP contribution in [0.25, 0.3) is 0 Å². The Morgan fingerprint density at radius 3 is 2.81 bits per heavy atom. The number of fused-ring (bicyclic) bond motifs is 1. The third-order valence-corrected chi connectivity index (χ3v) is 2.99. The fourth-order valence-corrected chi connectivity index (χ4v) is 2.26. The quantitative estimate of drug-likeness (QED) is 0.438. The molecule has 2 nitrogen and oxygen atoms in total. The molecule has 1 aromatic carbocycles. The van der Waals surface area contributed by atoms with Gasteiger partial charge in [0.1, 0.15) is 0 Å². The highest BCUT2D eigenvalue weighted by Gasteiger charge is 2.16. The number of nitrogens with two attached hydrogens (primary N) is 1. The maximum absolute atomic E-state index is 8.18. The number of rotatable bonds is 1. The fraction of sp³-hybridized carbons (Fsp3) is 0.308.